The molecule has 0 bridgehead atoms. The predicted molar refractivity (Wildman–Crippen MR) is 273 cm³/mol. The van der Waals surface area contributed by atoms with Crippen molar-refractivity contribution in [3.05, 3.63) is 223 Å². The van der Waals surface area contributed by atoms with Crippen LogP contribution in [0.2, 0.25) is 0 Å². The Morgan fingerprint density at radius 3 is 1.54 bits per heavy atom. The molecule has 5 aromatic carbocycles. The lowest BCUT2D eigenvalue weighted by atomic mass is 10.1. The van der Waals surface area contributed by atoms with E-state index in [0.717, 1.165) is 43.6 Å². The molecule has 0 aliphatic carbocycles. The van der Waals surface area contributed by atoms with Gasteiger partial charge in [0.25, 0.3) is 16.7 Å². The van der Waals surface area contributed by atoms with Gasteiger partial charge in [0, 0.05) is 36.1 Å². The molecule has 0 saturated heterocycles. The van der Waals surface area contributed by atoms with Gasteiger partial charge in [-0.15, -0.1) is 0 Å². The molecule has 0 saturated carbocycles. The number of aromatic amines is 1. The average Bonchev–Trinajstić information content (AvgIpc) is 3.39. The van der Waals surface area contributed by atoms with Gasteiger partial charge in [-0.2, -0.15) is 10.2 Å². The van der Waals surface area contributed by atoms with Crippen LogP contribution >= 0.6 is 15.2 Å². The van der Waals surface area contributed by atoms with E-state index in [2.05, 4.69) is 15.2 Å². The van der Waals surface area contributed by atoms with E-state index in [1.807, 2.05) is 121 Å². The minimum atomic E-state index is -4.03. The highest BCUT2D eigenvalue weighted by atomic mass is 31.2. The van der Waals surface area contributed by atoms with Crippen molar-refractivity contribution in [2.24, 2.45) is 14.1 Å². The summed E-state index contributed by atoms with van der Waals surface area (Å²) in [6, 6.07) is 47.4. The van der Waals surface area contributed by atoms with E-state index in [1.165, 1.54) is 17.9 Å². The molecule has 4 heterocycles. The summed E-state index contributed by atoms with van der Waals surface area (Å²) in [5.41, 5.74) is 6.13. The maximum atomic E-state index is 13.9. The van der Waals surface area contributed by atoms with Gasteiger partial charge in [-0.1, -0.05) is 140 Å². The molecule has 0 unspecified atom stereocenters. The predicted octanol–water partition coefficient (Wildman–Crippen LogP) is 8.75. The molecule has 0 atom stereocenters. The molecule has 0 radical (unpaired) electrons. The highest BCUT2D eigenvalue weighted by Crippen LogP contribution is 2.50. The maximum absolute atomic E-state index is 13.9. The molecule has 0 aliphatic heterocycles. The SMILES string of the molecule is Cn1ncc2cc(-c3ccc(CCP(=O)(O)O)cc3)[nH]c(=O)c2c1=O.Cn1ncc2cc(-c3ccc(CCP(=O)(OCc4ccccc4)OCc4ccccc4)cc3)nc(OCc3ccccc3)c2c1=O. The molecule has 71 heavy (non-hydrogen) atoms. The number of nitrogens with zero attached hydrogens (tertiary/aromatic N) is 5. The number of hydrogen-bond donors (Lipinski definition) is 3. The number of aromatic nitrogens is 6. The minimum absolute atomic E-state index is 0.0551. The number of nitrogens with one attached hydrogen (secondary N) is 1. The summed E-state index contributed by atoms with van der Waals surface area (Å²) in [6.07, 6.45) is 3.88. The van der Waals surface area contributed by atoms with Crippen molar-refractivity contribution in [1.82, 2.24) is 29.5 Å². The average molecular weight is 993 g/mol. The Labute approximate surface area is 407 Å². The quantitative estimate of drug-likeness (QED) is 0.0728. The van der Waals surface area contributed by atoms with Crippen molar-refractivity contribution in [1.29, 1.82) is 0 Å². The van der Waals surface area contributed by atoms with Gasteiger partial charge in [0.15, 0.2) is 0 Å². The molecular formula is C53H50N6O10P2. The Kier molecular flexibility index (Phi) is 15.9. The van der Waals surface area contributed by atoms with Gasteiger partial charge in [0.2, 0.25) is 5.88 Å². The van der Waals surface area contributed by atoms with Crippen molar-refractivity contribution in [3.8, 4) is 28.4 Å². The Bertz CT molecular complexity index is 3500. The lowest BCUT2D eigenvalue weighted by molar-refractivity contribution is 0.191. The van der Waals surface area contributed by atoms with E-state index in [1.54, 1.807) is 43.6 Å². The highest BCUT2D eigenvalue weighted by molar-refractivity contribution is 7.53. The van der Waals surface area contributed by atoms with Gasteiger partial charge in [-0.3, -0.25) is 23.5 Å². The maximum Gasteiger partial charge on any atom is 0.331 e. The normalized spacial score (nSPS) is 11.6. The number of fused-ring (bicyclic) bond motifs is 2. The number of rotatable bonds is 17. The van der Waals surface area contributed by atoms with Gasteiger partial charge in [0.1, 0.15) is 17.4 Å². The van der Waals surface area contributed by atoms with Crippen molar-refractivity contribution in [3.63, 3.8) is 0 Å². The van der Waals surface area contributed by atoms with Crippen LogP contribution in [0.1, 0.15) is 27.8 Å². The molecule has 362 valence electrons. The second kappa shape index (κ2) is 22.6. The van der Waals surface area contributed by atoms with Gasteiger partial charge in [0.05, 0.1) is 43.6 Å². The number of pyridine rings is 2. The first kappa shape index (κ1) is 50.0. The highest BCUT2D eigenvalue weighted by Gasteiger charge is 2.25. The van der Waals surface area contributed by atoms with Gasteiger partial charge in [-0.05, 0) is 58.4 Å². The van der Waals surface area contributed by atoms with Crippen LogP contribution in [0.5, 0.6) is 5.88 Å². The van der Waals surface area contributed by atoms with Crippen LogP contribution in [0, 0.1) is 0 Å². The second-order valence-electron chi connectivity index (χ2n) is 16.7. The van der Waals surface area contributed by atoms with Crippen LogP contribution in [0.4, 0.5) is 0 Å². The van der Waals surface area contributed by atoms with Crippen molar-refractivity contribution >= 4 is 36.7 Å². The smallest absolute Gasteiger partial charge is 0.331 e. The third kappa shape index (κ3) is 13.3. The van der Waals surface area contributed by atoms with Crippen LogP contribution < -0.4 is 21.4 Å². The summed E-state index contributed by atoms with van der Waals surface area (Å²) in [5, 5.41) is 9.66. The zero-order valence-electron chi connectivity index (χ0n) is 38.8. The van der Waals surface area contributed by atoms with Crippen LogP contribution in [0.3, 0.4) is 0 Å². The van der Waals surface area contributed by atoms with Crippen molar-refractivity contribution < 1.29 is 32.7 Å². The monoisotopic (exact) mass is 992 g/mol. The Morgan fingerprint density at radius 2 is 1.01 bits per heavy atom. The van der Waals surface area contributed by atoms with Crippen LogP contribution in [-0.2, 0) is 64.9 Å². The molecule has 0 fully saturated rings. The zero-order chi connectivity index (χ0) is 50.0. The van der Waals surface area contributed by atoms with Crippen LogP contribution in [0.25, 0.3) is 44.1 Å². The summed E-state index contributed by atoms with van der Waals surface area (Å²) in [5.74, 6) is 0.260. The summed E-state index contributed by atoms with van der Waals surface area (Å²) in [7, 11) is -4.38. The fourth-order valence-corrected chi connectivity index (χ4v) is 9.62. The molecule has 3 N–H and O–H groups in total. The van der Waals surface area contributed by atoms with Gasteiger partial charge >= 0.3 is 15.2 Å². The fourth-order valence-electron chi connectivity index (χ4n) is 7.51. The topological polar surface area (TPSA) is 218 Å². The second-order valence-corrected chi connectivity index (χ2v) is 20.6. The number of H-pyrrole nitrogens is 1. The molecule has 9 rings (SSSR count). The largest absolute Gasteiger partial charge is 0.472 e. The molecule has 4 aromatic heterocycles. The molecule has 9 aromatic rings. The molecule has 18 heteroatoms. The Hall–Kier alpha value is -7.42. The zero-order valence-corrected chi connectivity index (χ0v) is 40.6. The molecular weight excluding hydrogens is 943 g/mol. The fraction of sp³-hybridized carbons (Fsp3) is 0.170. The summed E-state index contributed by atoms with van der Waals surface area (Å²) < 4.78 is 45.2. The van der Waals surface area contributed by atoms with E-state index < -0.39 is 26.3 Å². The number of aryl methyl sites for hydroxylation is 4. The number of benzene rings is 5. The van der Waals surface area contributed by atoms with Crippen LogP contribution in [-0.4, -0.2) is 51.6 Å². The first-order valence-electron chi connectivity index (χ1n) is 22.5. The lowest BCUT2D eigenvalue weighted by Gasteiger charge is -2.19. The lowest BCUT2D eigenvalue weighted by Crippen LogP contribution is -2.25. The van der Waals surface area contributed by atoms with E-state index >= 15 is 0 Å². The Balaban J connectivity index is 0.000000228. The molecule has 16 nitrogen and oxygen atoms in total. The third-order valence-electron chi connectivity index (χ3n) is 11.5. The summed E-state index contributed by atoms with van der Waals surface area (Å²) >= 11 is 0. The molecule has 0 amide bonds. The minimum Gasteiger partial charge on any atom is -0.472 e. The standard InChI is InChI=1S/C37H34N3O5P.C16H16N3O5P/c1-40-37(41)35-33(24-38-40)23-34(39-36(35)43-25-29-11-5-2-6-12-29)32-19-17-28(18-20-32)21-22-46(42,44-26-30-13-7-3-8-14-30)45-27-31-15-9-4-10-16-31;1-19-16(21)14-12(9-17-19)8-13(18-15(14)20)11-4-2-10(3-5-11)6-7-25(22,23)24/h2-20,23-24H,21-22,25-27H2,1H3;2-5,8-9H,6-7H2,1H3,(H,18,20)(H2,22,23,24). The van der Waals surface area contributed by atoms with Crippen molar-refractivity contribution in [2.75, 3.05) is 12.3 Å². The Morgan fingerprint density at radius 1 is 0.549 bits per heavy atom. The summed E-state index contributed by atoms with van der Waals surface area (Å²) in [6.45, 7) is 0.674. The van der Waals surface area contributed by atoms with Gasteiger partial charge < -0.3 is 28.6 Å². The molecule has 0 spiro atoms. The van der Waals surface area contributed by atoms with Crippen LogP contribution in [0.15, 0.2) is 178 Å². The number of ether oxygens (including phenoxy) is 1. The summed E-state index contributed by atoms with van der Waals surface area (Å²) in [4.78, 5) is 62.5. The third-order valence-corrected chi connectivity index (χ3v) is 14.1. The number of hydrogen-bond acceptors (Lipinski definition) is 11. The van der Waals surface area contributed by atoms with E-state index in [0.29, 0.717) is 34.0 Å². The van der Waals surface area contributed by atoms with E-state index in [-0.39, 0.29) is 55.4 Å². The first-order valence-corrected chi connectivity index (χ1v) is 26.1. The van der Waals surface area contributed by atoms with Crippen molar-refractivity contribution in [2.45, 2.75) is 32.7 Å². The first-order chi connectivity index (χ1) is 34.2. The van der Waals surface area contributed by atoms with E-state index in [9.17, 15) is 23.5 Å². The molecule has 0 aliphatic rings. The van der Waals surface area contributed by atoms with Gasteiger partial charge in [-0.25, -0.2) is 14.3 Å². The van der Waals surface area contributed by atoms with E-state index in [4.69, 9.17) is 28.6 Å².